The van der Waals surface area contributed by atoms with Crippen LogP contribution in [0.25, 0.3) is 0 Å². The third-order valence-electron chi connectivity index (χ3n) is 2.97. The van der Waals surface area contributed by atoms with Crippen LogP contribution >= 0.6 is 0 Å². The molecule has 1 heterocycles. The lowest BCUT2D eigenvalue weighted by Gasteiger charge is -2.29. The van der Waals surface area contributed by atoms with Gasteiger partial charge >= 0.3 is 0 Å². The average molecular weight is 240 g/mol. The van der Waals surface area contributed by atoms with Gasteiger partial charge in [-0.3, -0.25) is 0 Å². The van der Waals surface area contributed by atoms with E-state index in [-0.39, 0.29) is 0 Å². The monoisotopic (exact) mass is 240 g/mol. The highest BCUT2D eigenvalue weighted by Gasteiger charge is 2.15. The number of para-hydroxylation sites is 1. The molecule has 0 radical (unpaired) electrons. The molecule has 18 heavy (non-hydrogen) atoms. The van der Waals surface area contributed by atoms with Gasteiger partial charge in [-0.1, -0.05) is 24.3 Å². The summed E-state index contributed by atoms with van der Waals surface area (Å²) >= 11 is 0. The second-order valence-electron chi connectivity index (χ2n) is 4.44. The van der Waals surface area contributed by atoms with Gasteiger partial charge in [0.05, 0.1) is 6.04 Å². The molecule has 0 aliphatic carbocycles. The van der Waals surface area contributed by atoms with Gasteiger partial charge in [0.2, 0.25) is 0 Å². The molecule has 3 rings (SSSR count). The summed E-state index contributed by atoms with van der Waals surface area (Å²) in [5, 5.41) is 6.70. The molecule has 0 bridgehead atoms. The minimum Gasteiger partial charge on any atom is -0.457 e. The zero-order valence-corrected chi connectivity index (χ0v) is 10.1. The maximum atomic E-state index is 5.80. The van der Waals surface area contributed by atoms with Crippen molar-refractivity contribution in [3.63, 3.8) is 0 Å². The fraction of sp³-hybridized carbons (Fsp3) is 0.200. The second-order valence-corrected chi connectivity index (χ2v) is 4.44. The Morgan fingerprint density at radius 1 is 0.944 bits per heavy atom. The molecule has 0 amide bonds. The van der Waals surface area contributed by atoms with Crippen LogP contribution in [-0.2, 0) is 0 Å². The predicted octanol–water partition coefficient (Wildman–Crippen LogP) is 2.86. The molecule has 3 heteroatoms. The zero-order chi connectivity index (χ0) is 12.2. The van der Waals surface area contributed by atoms with E-state index in [9.17, 15) is 0 Å². The van der Waals surface area contributed by atoms with Crippen LogP contribution in [0.4, 0.5) is 5.69 Å². The van der Waals surface area contributed by atoms with E-state index in [1.54, 1.807) is 0 Å². The van der Waals surface area contributed by atoms with Gasteiger partial charge in [-0.2, -0.15) is 0 Å². The number of nitrogens with one attached hydrogen (secondary N) is 2. The van der Waals surface area contributed by atoms with Gasteiger partial charge in [0, 0.05) is 24.8 Å². The van der Waals surface area contributed by atoms with E-state index in [4.69, 9.17) is 4.74 Å². The molecule has 1 aliphatic rings. The lowest BCUT2D eigenvalue weighted by molar-refractivity contribution is 0.470. The quantitative estimate of drug-likeness (QED) is 0.862. The van der Waals surface area contributed by atoms with Crippen LogP contribution in [0.5, 0.6) is 11.5 Å². The molecule has 0 saturated carbocycles. The lowest BCUT2D eigenvalue weighted by atomic mass is 10.1. The van der Waals surface area contributed by atoms with Crippen LogP contribution < -0.4 is 15.4 Å². The SMILES string of the molecule is c1ccc(Oc2cccc(NC3CNC3)c2)cc1. The molecule has 1 saturated heterocycles. The first-order valence-electron chi connectivity index (χ1n) is 6.20. The molecular formula is C15H16N2O. The Kier molecular flexibility index (Phi) is 3.15. The van der Waals surface area contributed by atoms with Gasteiger partial charge in [-0.05, 0) is 24.3 Å². The first kappa shape index (κ1) is 11.1. The first-order chi connectivity index (χ1) is 8.90. The molecule has 0 spiro atoms. The van der Waals surface area contributed by atoms with Crippen molar-refractivity contribution in [2.24, 2.45) is 0 Å². The molecule has 2 aromatic carbocycles. The molecule has 92 valence electrons. The van der Waals surface area contributed by atoms with Crippen molar-refractivity contribution in [3.05, 3.63) is 54.6 Å². The summed E-state index contributed by atoms with van der Waals surface area (Å²) in [7, 11) is 0. The number of hydrogen-bond acceptors (Lipinski definition) is 3. The molecule has 0 aromatic heterocycles. The summed E-state index contributed by atoms with van der Waals surface area (Å²) in [6.07, 6.45) is 0. The fourth-order valence-electron chi connectivity index (χ4n) is 1.90. The molecule has 1 fully saturated rings. The van der Waals surface area contributed by atoms with Gasteiger partial charge in [0.25, 0.3) is 0 Å². The van der Waals surface area contributed by atoms with Crippen molar-refractivity contribution >= 4 is 5.69 Å². The van der Waals surface area contributed by atoms with Crippen molar-refractivity contribution in [3.8, 4) is 11.5 Å². The van der Waals surface area contributed by atoms with Crippen molar-refractivity contribution in [2.45, 2.75) is 6.04 Å². The Balaban J connectivity index is 1.70. The van der Waals surface area contributed by atoms with Crippen molar-refractivity contribution < 1.29 is 4.74 Å². The van der Waals surface area contributed by atoms with E-state index in [1.807, 2.05) is 48.5 Å². The normalized spacial score (nSPS) is 14.9. The minimum absolute atomic E-state index is 0.539. The summed E-state index contributed by atoms with van der Waals surface area (Å²) in [4.78, 5) is 0. The van der Waals surface area contributed by atoms with Crippen LogP contribution in [-0.4, -0.2) is 19.1 Å². The third kappa shape index (κ3) is 2.63. The van der Waals surface area contributed by atoms with Crippen LogP contribution in [0.1, 0.15) is 0 Å². The van der Waals surface area contributed by atoms with Crippen LogP contribution in [0.2, 0.25) is 0 Å². The van der Waals surface area contributed by atoms with Crippen molar-refractivity contribution in [1.82, 2.24) is 5.32 Å². The largest absolute Gasteiger partial charge is 0.457 e. The fourth-order valence-corrected chi connectivity index (χ4v) is 1.90. The van der Waals surface area contributed by atoms with E-state index < -0.39 is 0 Å². The van der Waals surface area contributed by atoms with Gasteiger partial charge in [0.1, 0.15) is 11.5 Å². The Hall–Kier alpha value is -2.00. The highest BCUT2D eigenvalue weighted by atomic mass is 16.5. The van der Waals surface area contributed by atoms with E-state index in [2.05, 4.69) is 16.7 Å². The Morgan fingerprint density at radius 3 is 2.44 bits per heavy atom. The van der Waals surface area contributed by atoms with Gasteiger partial charge in [-0.15, -0.1) is 0 Å². The number of ether oxygens (including phenoxy) is 1. The zero-order valence-electron chi connectivity index (χ0n) is 10.1. The molecule has 1 aliphatic heterocycles. The van der Waals surface area contributed by atoms with E-state index in [0.717, 1.165) is 30.3 Å². The number of benzene rings is 2. The van der Waals surface area contributed by atoms with Gasteiger partial charge in [-0.25, -0.2) is 0 Å². The maximum Gasteiger partial charge on any atom is 0.129 e. The van der Waals surface area contributed by atoms with Gasteiger partial charge in [0.15, 0.2) is 0 Å². The molecule has 2 N–H and O–H groups in total. The molecule has 0 unspecified atom stereocenters. The third-order valence-corrected chi connectivity index (χ3v) is 2.97. The number of hydrogen-bond donors (Lipinski definition) is 2. The molecular weight excluding hydrogens is 224 g/mol. The highest BCUT2D eigenvalue weighted by Crippen LogP contribution is 2.24. The van der Waals surface area contributed by atoms with Crippen molar-refractivity contribution in [2.75, 3.05) is 18.4 Å². The summed E-state index contributed by atoms with van der Waals surface area (Å²) in [6.45, 7) is 2.06. The standard InChI is InChI=1S/C15H16N2O/c1-2-6-14(7-3-1)18-15-8-4-5-12(9-15)17-13-10-16-11-13/h1-9,13,16-17H,10-11H2. The topological polar surface area (TPSA) is 33.3 Å². The number of rotatable bonds is 4. The predicted molar refractivity (Wildman–Crippen MR) is 73.2 cm³/mol. The summed E-state index contributed by atoms with van der Waals surface area (Å²) in [5.74, 6) is 1.72. The highest BCUT2D eigenvalue weighted by molar-refractivity contribution is 5.50. The lowest BCUT2D eigenvalue weighted by Crippen LogP contribution is -2.51. The Morgan fingerprint density at radius 2 is 1.72 bits per heavy atom. The van der Waals surface area contributed by atoms with Crippen LogP contribution in [0.3, 0.4) is 0 Å². The van der Waals surface area contributed by atoms with Gasteiger partial charge < -0.3 is 15.4 Å². The van der Waals surface area contributed by atoms with E-state index in [1.165, 1.54) is 0 Å². The molecule has 2 aromatic rings. The maximum absolute atomic E-state index is 5.80. The summed E-state index contributed by atoms with van der Waals surface area (Å²) in [6, 6.07) is 18.4. The summed E-state index contributed by atoms with van der Waals surface area (Å²) in [5.41, 5.74) is 1.11. The summed E-state index contributed by atoms with van der Waals surface area (Å²) < 4.78 is 5.80. The Bertz CT molecular complexity index is 509. The molecule has 0 atom stereocenters. The number of anilines is 1. The van der Waals surface area contributed by atoms with E-state index >= 15 is 0 Å². The Labute approximate surface area is 107 Å². The average Bonchev–Trinajstić information content (AvgIpc) is 2.36. The second kappa shape index (κ2) is 5.10. The first-order valence-corrected chi connectivity index (χ1v) is 6.20. The van der Waals surface area contributed by atoms with Crippen LogP contribution in [0.15, 0.2) is 54.6 Å². The smallest absolute Gasteiger partial charge is 0.129 e. The minimum atomic E-state index is 0.539. The molecule has 3 nitrogen and oxygen atoms in total. The van der Waals surface area contributed by atoms with Crippen LogP contribution in [0, 0.1) is 0 Å². The van der Waals surface area contributed by atoms with Crippen molar-refractivity contribution in [1.29, 1.82) is 0 Å². The van der Waals surface area contributed by atoms with E-state index in [0.29, 0.717) is 6.04 Å².